The number of hydrogen-bond acceptors (Lipinski definition) is 5. The number of halogens is 1. The second-order valence-corrected chi connectivity index (χ2v) is 8.60. The lowest BCUT2D eigenvalue weighted by Crippen LogP contribution is -2.24. The molecule has 0 aliphatic heterocycles. The highest BCUT2D eigenvalue weighted by molar-refractivity contribution is 14.1. The fourth-order valence-corrected chi connectivity index (χ4v) is 4.09. The molecular weight excluding hydrogens is 475 g/mol. The number of aryl methyl sites for hydroxylation is 1. The predicted octanol–water partition coefficient (Wildman–Crippen LogP) is 4.34. The summed E-state index contributed by atoms with van der Waals surface area (Å²) < 4.78 is 7.64. The highest BCUT2D eigenvalue weighted by atomic mass is 127. The first-order valence-electron chi connectivity index (χ1n) is 8.53. The van der Waals surface area contributed by atoms with Crippen LogP contribution in [0.1, 0.15) is 19.4 Å². The van der Waals surface area contributed by atoms with Crippen LogP contribution in [0.3, 0.4) is 0 Å². The fraction of sp³-hybridized carbons (Fsp3) is 0.250. The molecule has 3 aromatic rings. The Kier molecular flexibility index (Phi) is 6.21. The van der Waals surface area contributed by atoms with Crippen molar-refractivity contribution in [2.45, 2.75) is 31.2 Å². The van der Waals surface area contributed by atoms with Gasteiger partial charge in [-0.25, -0.2) is 4.98 Å². The molecule has 7 heteroatoms. The summed E-state index contributed by atoms with van der Waals surface area (Å²) in [6.45, 7) is 5.82. The van der Waals surface area contributed by atoms with E-state index in [1.54, 1.807) is 18.4 Å². The molecule has 0 fully saturated rings. The van der Waals surface area contributed by atoms with Gasteiger partial charge in [0.1, 0.15) is 5.25 Å². The van der Waals surface area contributed by atoms with Gasteiger partial charge in [-0.05, 0) is 79.3 Å². The molecule has 0 unspecified atom stereocenters. The molecule has 1 aromatic heterocycles. The Morgan fingerprint density at radius 1 is 1.30 bits per heavy atom. The number of rotatable bonds is 5. The van der Waals surface area contributed by atoms with E-state index in [9.17, 15) is 9.59 Å². The van der Waals surface area contributed by atoms with Gasteiger partial charge in [0.25, 0.3) is 5.56 Å². The fourth-order valence-electron chi connectivity index (χ4n) is 2.68. The predicted molar refractivity (Wildman–Crippen MR) is 117 cm³/mol. The van der Waals surface area contributed by atoms with Crippen LogP contribution in [-0.2, 0) is 9.53 Å². The van der Waals surface area contributed by atoms with Crippen molar-refractivity contribution in [1.29, 1.82) is 0 Å². The zero-order chi connectivity index (χ0) is 19.6. The number of fused-ring (bicyclic) bond motifs is 1. The molecule has 0 amide bonds. The molecule has 1 heterocycles. The number of esters is 1. The number of benzene rings is 2. The molecule has 0 aliphatic rings. The average Bonchev–Trinajstić information content (AvgIpc) is 2.63. The lowest BCUT2D eigenvalue weighted by atomic mass is 10.2. The summed E-state index contributed by atoms with van der Waals surface area (Å²) in [6, 6.07) is 13.3. The molecule has 2 aromatic carbocycles. The summed E-state index contributed by atoms with van der Waals surface area (Å²) in [4.78, 5) is 30.0. The van der Waals surface area contributed by atoms with Crippen molar-refractivity contribution in [3.05, 3.63) is 62.0 Å². The number of hydrogen-bond donors (Lipinski definition) is 0. The highest BCUT2D eigenvalue weighted by Gasteiger charge is 2.21. The molecule has 3 rings (SSSR count). The second-order valence-electron chi connectivity index (χ2n) is 6.05. The van der Waals surface area contributed by atoms with Crippen molar-refractivity contribution < 1.29 is 9.53 Å². The van der Waals surface area contributed by atoms with Gasteiger partial charge in [0.15, 0.2) is 5.16 Å². The zero-order valence-electron chi connectivity index (χ0n) is 15.2. The van der Waals surface area contributed by atoms with Crippen molar-refractivity contribution in [2.75, 3.05) is 6.61 Å². The summed E-state index contributed by atoms with van der Waals surface area (Å²) in [6.07, 6.45) is 0. The van der Waals surface area contributed by atoms with Crippen LogP contribution in [0.4, 0.5) is 0 Å². The standard InChI is InChI=1S/C20H19IN2O3S/c1-4-26-19(25)13(3)27-20-22-17-9-8-14(21)11-16(17)18(24)23(20)15-7-5-6-12(2)10-15/h5-11,13H,4H2,1-3H3/t13-/m1/s1. The van der Waals surface area contributed by atoms with E-state index in [4.69, 9.17) is 4.74 Å². The number of aromatic nitrogens is 2. The smallest absolute Gasteiger partial charge is 0.319 e. The zero-order valence-corrected chi connectivity index (χ0v) is 18.2. The maximum atomic E-state index is 13.3. The van der Waals surface area contributed by atoms with Gasteiger partial charge in [-0.3, -0.25) is 14.2 Å². The number of thioether (sulfide) groups is 1. The van der Waals surface area contributed by atoms with Gasteiger partial charge in [0.2, 0.25) is 0 Å². The Balaban J connectivity index is 2.21. The van der Waals surface area contributed by atoms with Gasteiger partial charge < -0.3 is 4.74 Å². The molecule has 5 nitrogen and oxygen atoms in total. The molecule has 0 N–H and O–H groups in total. The lowest BCUT2D eigenvalue weighted by molar-refractivity contribution is -0.142. The van der Waals surface area contributed by atoms with Crippen LogP contribution in [-0.4, -0.2) is 27.4 Å². The molecule has 0 aliphatic carbocycles. The molecule has 0 bridgehead atoms. The van der Waals surface area contributed by atoms with Crippen LogP contribution in [0.2, 0.25) is 0 Å². The van der Waals surface area contributed by atoms with Crippen molar-refractivity contribution in [1.82, 2.24) is 9.55 Å². The number of carbonyl (C=O) groups excluding carboxylic acids is 1. The number of ether oxygens (including phenoxy) is 1. The third-order valence-electron chi connectivity index (χ3n) is 3.96. The van der Waals surface area contributed by atoms with E-state index in [-0.39, 0.29) is 11.5 Å². The maximum absolute atomic E-state index is 13.3. The van der Waals surface area contributed by atoms with E-state index in [1.807, 2.05) is 49.4 Å². The SMILES string of the molecule is CCOC(=O)[C@@H](C)Sc1nc2ccc(I)cc2c(=O)n1-c1cccc(C)c1. The number of carbonyl (C=O) groups is 1. The normalized spacial score (nSPS) is 12.1. The molecule has 0 saturated heterocycles. The molecule has 0 saturated carbocycles. The first-order chi connectivity index (χ1) is 12.9. The largest absolute Gasteiger partial charge is 0.465 e. The summed E-state index contributed by atoms with van der Waals surface area (Å²) in [5.74, 6) is -0.324. The van der Waals surface area contributed by atoms with Crippen molar-refractivity contribution in [2.24, 2.45) is 0 Å². The van der Waals surface area contributed by atoms with Crippen LogP contribution in [0.25, 0.3) is 16.6 Å². The van der Waals surface area contributed by atoms with Crippen molar-refractivity contribution in [3.63, 3.8) is 0 Å². The Morgan fingerprint density at radius 3 is 2.78 bits per heavy atom. The maximum Gasteiger partial charge on any atom is 0.319 e. The minimum atomic E-state index is -0.478. The van der Waals surface area contributed by atoms with Gasteiger partial charge in [0, 0.05) is 3.57 Å². The van der Waals surface area contributed by atoms with E-state index in [0.29, 0.717) is 22.7 Å². The van der Waals surface area contributed by atoms with Crippen LogP contribution in [0.15, 0.2) is 52.4 Å². The third-order valence-corrected chi connectivity index (χ3v) is 5.66. The van der Waals surface area contributed by atoms with Gasteiger partial charge in [-0.2, -0.15) is 0 Å². The molecule has 140 valence electrons. The van der Waals surface area contributed by atoms with E-state index < -0.39 is 5.25 Å². The molecule has 1 atom stereocenters. The minimum absolute atomic E-state index is 0.150. The van der Waals surface area contributed by atoms with E-state index in [0.717, 1.165) is 14.8 Å². The summed E-state index contributed by atoms with van der Waals surface area (Å²) in [5, 5.41) is 0.547. The van der Waals surface area contributed by atoms with Crippen LogP contribution in [0, 0.1) is 10.5 Å². The lowest BCUT2D eigenvalue weighted by Gasteiger charge is -2.16. The Labute approximate surface area is 175 Å². The molecule has 0 radical (unpaired) electrons. The first kappa shape index (κ1) is 19.9. The first-order valence-corrected chi connectivity index (χ1v) is 10.5. The van der Waals surface area contributed by atoms with E-state index >= 15 is 0 Å². The van der Waals surface area contributed by atoms with Crippen molar-refractivity contribution in [3.8, 4) is 5.69 Å². The Bertz CT molecular complexity index is 1060. The summed E-state index contributed by atoms with van der Waals surface area (Å²) in [7, 11) is 0. The van der Waals surface area contributed by atoms with Crippen LogP contribution < -0.4 is 5.56 Å². The molecule has 0 spiro atoms. The van der Waals surface area contributed by atoms with Gasteiger partial charge >= 0.3 is 5.97 Å². The van der Waals surface area contributed by atoms with Crippen LogP contribution >= 0.6 is 34.4 Å². The van der Waals surface area contributed by atoms with Crippen molar-refractivity contribution >= 4 is 51.2 Å². The monoisotopic (exact) mass is 494 g/mol. The second kappa shape index (κ2) is 8.43. The quantitative estimate of drug-likeness (QED) is 0.229. The summed E-state index contributed by atoms with van der Waals surface area (Å²) >= 11 is 3.41. The topological polar surface area (TPSA) is 61.2 Å². The van der Waals surface area contributed by atoms with Crippen LogP contribution in [0.5, 0.6) is 0 Å². The molecular formula is C20H19IN2O3S. The van der Waals surface area contributed by atoms with E-state index in [1.165, 1.54) is 11.8 Å². The Morgan fingerprint density at radius 2 is 2.07 bits per heavy atom. The van der Waals surface area contributed by atoms with Gasteiger partial charge in [0.05, 0.1) is 23.2 Å². The highest BCUT2D eigenvalue weighted by Crippen LogP contribution is 2.26. The third kappa shape index (κ3) is 4.35. The Hall–Kier alpha value is -1.87. The average molecular weight is 494 g/mol. The number of nitrogens with zero attached hydrogens (tertiary/aromatic N) is 2. The summed E-state index contributed by atoms with van der Waals surface area (Å²) in [5.41, 5.74) is 2.23. The van der Waals surface area contributed by atoms with Gasteiger partial charge in [-0.15, -0.1) is 0 Å². The van der Waals surface area contributed by atoms with E-state index in [2.05, 4.69) is 27.6 Å². The molecule has 27 heavy (non-hydrogen) atoms. The minimum Gasteiger partial charge on any atom is -0.465 e. The van der Waals surface area contributed by atoms with Gasteiger partial charge in [-0.1, -0.05) is 23.9 Å².